The van der Waals surface area contributed by atoms with Gasteiger partial charge >= 0.3 is 0 Å². The van der Waals surface area contributed by atoms with E-state index < -0.39 is 21.5 Å². The summed E-state index contributed by atoms with van der Waals surface area (Å²) in [6, 6.07) is 8.20. The first-order valence-corrected chi connectivity index (χ1v) is 11.1. The predicted molar refractivity (Wildman–Crippen MR) is 105 cm³/mol. The Labute approximate surface area is 164 Å². The van der Waals surface area contributed by atoms with Crippen molar-refractivity contribution in [1.82, 2.24) is 4.90 Å². The summed E-state index contributed by atoms with van der Waals surface area (Å²) in [5.41, 5.74) is 2.10. The molecule has 0 aromatic heterocycles. The Morgan fingerprint density at radius 2 is 1.68 bits per heavy atom. The van der Waals surface area contributed by atoms with E-state index in [-0.39, 0.29) is 15.7 Å². The number of anilines is 1. The molecule has 0 aliphatic carbocycles. The molecule has 0 bridgehead atoms. The summed E-state index contributed by atoms with van der Waals surface area (Å²) in [7, 11) is -1.85. The first kappa shape index (κ1) is 19.3. The van der Waals surface area contributed by atoms with E-state index in [1.807, 2.05) is 6.07 Å². The van der Waals surface area contributed by atoms with Gasteiger partial charge in [-0.1, -0.05) is 6.92 Å². The largest absolute Gasteiger partial charge is 0.371 e. The smallest absolute Gasteiger partial charge is 0.206 e. The van der Waals surface area contributed by atoms with Gasteiger partial charge in [0.2, 0.25) is 9.84 Å². The minimum Gasteiger partial charge on any atom is -0.371 e. The monoisotopic (exact) mass is 406 g/mol. The minimum absolute atomic E-state index is 0.128. The van der Waals surface area contributed by atoms with Crippen molar-refractivity contribution in [3.05, 3.63) is 53.6 Å². The van der Waals surface area contributed by atoms with Gasteiger partial charge in [0, 0.05) is 31.2 Å². The molecule has 2 atom stereocenters. The highest BCUT2D eigenvalue weighted by Gasteiger charge is 2.38. The number of halogens is 2. The maximum absolute atomic E-state index is 13.6. The zero-order valence-electron chi connectivity index (χ0n) is 16.0. The van der Waals surface area contributed by atoms with Crippen LogP contribution in [0.5, 0.6) is 0 Å². The maximum Gasteiger partial charge on any atom is 0.206 e. The van der Waals surface area contributed by atoms with Gasteiger partial charge in [-0.15, -0.1) is 0 Å². The molecule has 0 unspecified atom stereocenters. The number of rotatable bonds is 3. The molecular weight excluding hydrogens is 382 g/mol. The van der Waals surface area contributed by atoms with Crippen molar-refractivity contribution < 1.29 is 17.2 Å². The Balaban J connectivity index is 1.73. The van der Waals surface area contributed by atoms with Gasteiger partial charge in [-0.3, -0.25) is 0 Å². The Morgan fingerprint density at radius 3 is 2.39 bits per heavy atom. The van der Waals surface area contributed by atoms with Crippen LogP contribution < -0.4 is 4.90 Å². The zero-order chi connectivity index (χ0) is 20.1. The highest BCUT2D eigenvalue weighted by atomic mass is 32.2. The van der Waals surface area contributed by atoms with Crippen molar-refractivity contribution in [1.29, 1.82) is 0 Å². The standard InChI is InChI=1S/C21H24F2N2O2S/c1-3-25-10-8-16-17-12-14(5-7-20(17)24(2)21(16)9-11-25)28(26,27)15-4-6-18(22)19(23)13-15/h4-7,12-13,16,21H,3,8-11H2,1-2H3/t16-,21+/m0/s1. The second-order valence-electron chi connectivity index (χ2n) is 7.60. The SMILES string of the molecule is CCN1CC[C@@H]2[C@@H](CC1)c1cc(S(=O)(=O)c3ccc(F)c(F)c3)ccc1N2C. The number of likely N-dealkylation sites (tertiary alicyclic amines) is 1. The number of hydrogen-bond donors (Lipinski definition) is 0. The number of benzene rings is 2. The van der Waals surface area contributed by atoms with Gasteiger partial charge in [-0.25, -0.2) is 17.2 Å². The molecule has 0 spiro atoms. The molecule has 28 heavy (non-hydrogen) atoms. The van der Waals surface area contributed by atoms with E-state index in [4.69, 9.17) is 0 Å². The minimum atomic E-state index is -3.92. The number of hydrogen-bond acceptors (Lipinski definition) is 4. The molecule has 1 saturated heterocycles. The van der Waals surface area contributed by atoms with Gasteiger partial charge in [0.05, 0.1) is 9.79 Å². The van der Waals surface area contributed by atoms with E-state index in [2.05, 4.69) is 23.8 Å². The van der Waals surface area contributed by atoms with Crippen LogP contribution >= 0.6 is 0 Å². The molecule has 2 aromatic carbocycles. The second kappa shape index (κ2) is 7.12. The van der Waals surface area contributed by atoms with Crippen molar-refractivity contribution in [2.24, 2.45) is 0 Å². The Morgan fingerprint density at radius 1 is 1.00 bits per heavy atom. The van der Waals surface area contributed by atoms with E-state index in [1.54, 1.807) is 12.1 Å². The highest BCUT2D eigenvalue weighted by Crippen LogP contribution is 2.45. The lowest BCUT2D eigenvalue weighted by atomic mass is 9.91. The Bertz CT molecular complexity index is 1010. The molecule has 150 valence electrons. The zero-order valence-corrected chi connectivity index (χ0v) is 16.8. The van der Waals surface area contributed by atoms with Crippen LogP contribution in [-0.4, -0.2) is 46.0 Å². The molecule has 4 rings (SSSR count). The first-order valence-electron chi connectivity index (χ1n) is 9.62. The number of fused-ring (bicyclic) bond motifs is 3. The van der Waals surface area contributed by atoms with Gasteiger partial charge in [0.25, 0.3) is 0 Å². The number of nitrogens with zero attached hydrogens (tertiary/aromatic N) is 2. The molecule has 0 amide bonds. The van der Waals surface area contributed by atoms with E-state index in [0.29, 0.717) is 6.04 Å². The van der Waals surface area contributed by atoms with Crippen LogP contribution in [0.2, 0.25) is 0 Å². The fraction of sp³-hybridized carbons (Fsp3) is 0.429. The molecule has 2 heterocycles. The predicted octanol–water partition coefficient (Wildman–Crippen LogP) is 3.82. The lowest BCUT2D eigenvalue weighted by Crippen LogP contribution is -2.31. The van der Waals surface area contributed by atoms with Crippen molar-refractivity contribution in [3.8, 4) is 0 Å². The fourth-order valence-electron chi connectivity index (χ4n) is 4.56. The van der Waals surface area contributed by atoms with E-state index in [1.165, 1.54) is 0 Å². The topological polar surface area (TPSA) is 40.6 Å². The molecule has 0 radical (unpaired) electrons. The lowest BCUT2D eigenvalue weighted by molar-refractivity contribution is 0.298. The van der Waals surface area contributed by atoms with Gasteiger partial charge in [-0.2, -0.15) is 0 Å². The van der Waals surface area contributed by atoms with Crippen molar-refractivity contribution in [2.75, 3.05) is 31.6 Å². The van der Waals surface area contributed by atoms with E-state index in [0.717, 1.165) is 61.9 Å². The van der Waals surface area contributed by atoms with Gasteiger partial charge in [0.1, 0.15) is 0 Å². The third-order valence-corrected chi connectivity index (χ3v) is 7.95. The van der Waals surface area contributed by atoms with Crippen LogP contribution in [0.25, 0.3) is 0 Å². The van der Waals surface area contributed by atoms with Gasteiger partial charge < -0.3 is 9.80 Å². The van der Waals surface area contributed by atoms with E-state index in [9.17, 15) is 17.2 Å². The maximum atomic E-state index is 13.6. The third kappa shape index (κ3) is 3.10. The van der Waals surface area contributed by atoms with Crippen LogP contribution in [0.4, 0.5) is 14.5 Å². The van der Waals surface area contributed by atoms with Gasteiger partial charge in [0.15, 0.2) is 11.6 Å². The van der Waals surface area contributed by atoms with Crippen LogP contribution in [-0.2, 0) is 9.84 Å². The molecule has 2 aliphatic rings. The van der Waals surface area contributed by atoms with Crippen LogP contribution in [0.15, 0.2) is 46.2 Å². The molecule has 2 aliphatic heterocycles. The first-order chi connectivity index (χ1) is 13.3. The number of sulfone groups is 1. The summed E-state index contributed by atoms with van der Waals surface area (Å²) in [6.07, 6.45) is 2.01. The van der Waals surface area contributed by atoms with Crippen LogP contribution in [0, 0.1) is 11.6 Å². The molecular formula is C21H24F2N2O2S. The summed E-state index contributed by atoms with van der Waals surface area (Å²) < 4.78 is 52.8. The quantitative estimate of drug-likeness (QED) is 0.727. The summed E-state index contributed by atoms with van der Waals surface area (Å²) in [5, 5.41) is 0. The van der Waals surface area contributed by atoms with Crippen molar-refractivity contribution >= 4 is 15.5 Å². The Hall–Kier alpha value is -1.99. The highest BCUT2D eigenvalue weighted by molar-refractivity contribution is 7.91. The van der Waals surface area contributed by atoms with Crippen molar-refractivity contribution in [2.45, 2.75) is 41.5 Å². The summed E-state index contributed by atoms with van der Waals surface area (Å²) in [5.74, 6) is -1.95. The van der Waals surface area contributed by atoms with Crippen molar-refractivity contribution in [3.63, 3.8) is 0 Å². The summed E-state index contributed by atoms with van der Waals surface area (Å²) in [6.45, 7) is 5.20. The van der Waals surface area contributed by atoms with E-state index >= 15 is 0 Å². The molecule has 0 N–H and O–H groups in total. The third-order valence-electron chi connectivity index (χ3n) is 6.20. The van der Waals surface area contributed by atoms with Gasteiger partial charge in [-0.05, 0) is 67.9 Å². The molecule has 7 heteroatoms. The van der Waals surface area contributed by atoms with Crippen LogP contribution in [0.1, 0.15) is 31.2 Å². The fourth-order valence-corrected chi connectivity index (χ4v) is 5.87. The average molecular weight is 406 g/mol. The summed E-state index contributed by atoms with van der Waals surface area (Å²) >= 11 is 0. The normalized spacial score (nSPS) is 22.6. The molecule has 4 nitrogen and oxygen atoms in total. The van der Waals surface area contributed by atoms with Crippen LogP contribution in [0.3, 0.4) is 0 Å². The summed E-state index contributed by atoms with van der Waals surface area (Å²) in [4.78, 5) is 4.58. The second-order valence-corrected chi connectivity index (χ2v) is 9.55. The molecule has 0 saturated carbocycles. The Kier molecular flexibility index (Phi) is 4.91. The molecule has 1 fully saturated rings. The number of likely N-dealkylation sites (N-methyl/N-ethyl adjacent to an activating group) is 1. The average Bonchev–Trinajstić information content (AvgIpc) is 2.83. The lowest BCUT2D eigenvalue weighted by Gasteiger charge is -2.25. The molecule has 2 aromatic rings.